The Labute approximate surface area is 82.2 Å². The molecule has 72 valence electrons. The number of likely N-dealkylation sites (N-methyl/N-ethyl adjacent to an activating group) is 1. The summed E-state index contributed by atoms with van der Waals surface area (Å²) in [5.74, 6) is 0.0490. The molecular formula is C9H14N2OS. The normalized spacial score (nSPS) is 12.5. The van der Waals surface area contributed by atoms with E-state index in [2.05, 4.69) is 0 Å². The molecule has 0 fully saturated rings. The van der Waals surface area contributed by atoms with Crippen LogP contribution in [0.1, 0.15) is 16.6 Å². The van der Waals surface area contributed by atoms with Crippen molar-refractivity contribution in [2.75, 3.05) is 13.6 Å². The lowest BCUT2D eigenvalue weighted by molar-refractivity contribution is 0.0753. The van der Waals surface area contributed by atoms with Crippen LogP contribution < -0.4 is 5.73 Å². The molecular weight excluding hydrogens is 184 g/mol. The molecule has 4 heteroatoms. The number of thiophene rings is 1. The van der Waals surface area contributed by atoms with Gasteiger partial charge in [0.15, 0.2) is 0 Å². The third kappa shape index (κ3) is 2.29. The summed E-state index contributed by atoms with van der Waals surface area (Å²) in [6, 6.07) is 3.79. The average Bonchev–Trinajstić information content (AvgIpc) is 2.67. The predicted octanol–water partition coefficient (Wildman–Crippen LogP) is 1.17. The fourth-order valence-electron chi connectivity index (χ4n) is 0.932. The van der Waals surface area contributed by atoms with Gasteiger partial charge < -0.3 is 10.6 Å². The van der Waals surface area contributed by atoms with Gasteiger partial charge in [-0.05, 0) is 18.4 Å². The summed E-state index contributed by atoms with van der Waals surface area (Å²) in [6.45, 7) is 2.43. The van der Waals surface area contributed by atoms with Gasteiger partial charge in [0.2, 0.25) is 0 Å². The molecule has 3 nitrogen and oxygen atoms in total. The molecule has 0 aliphatic rings. The van der Waals surface area contributed by atoms with Crippen molar-refractivity contribution in [2.24, 2.45) is 5.73 Å². The summed E-state index contributed by atoms with van der Waals surface area (Å²) < 4.78 is 0. The third-order valence-corrected chi connectivity index (χ3v) is 2.91. The Morgan fingerprint density at radius 1 is 1.77 bits per heavy atom. The highest BCUT2D eigenvalue weighted by Gasteiger charge is 2.16. The summed E-state index contributed by atoms with van der Waals surface area (Å²) >= 11 is 1.46. The van der Waals surface area contributed by atoms with Gasteiger partial charge in [-0.25, -0.2) is 0 Å². The van der Waals surface area contributed by atoms with Gasteiger partial charge in [0.1, 0.15) is 0 Å². The lowest BCUT2D eigenvalue weighted by Crippen LogP contribution is -2.39. The molecule has 1 rings (SSSR count). The topological polar surface area (TPSA) is 46.3 Å². The zero-order valence-electron chi connectivity index (χ0n) is 7.86. The fourth-order valence-corrected chi connectivity index (χ4v) is 1.64. The van der Waals surface area contributed by atoms with E-state index in [4.69, 9.17) is 5.73 Å². The minimum absolute atomic E-state index is 0.0490. The van der Waals surface area contributed by atoms with E-state index in [1.807, 2.05) is 24.4 Å². The van der Waals surface area contributed by atoms with Crippen LogP contribution in [0.25, 0.3) is 0 Å². The molecule has 1 aromatic rings. The number of hydrogen-bond acceptors (Lipinski definition) is 3. The van der Waals surface area contributed by atoms with Gasteiger partial charge in [-0.1, -0.05) is 6.07 Å². The number of rotatable bonds is 3. The zero-order valence-corrected chi connectivity index (χ0v) is 8.67. The van der Waals surface area contributed by atoms with Crippen molar-refractivity contribution in [1.82, 2.24) is 4.90 Å². The van der Waals surface area contributed by atoms with Crippen molar-refractivity contribution in [3.8, 4) is 0 Å². The van der Waals surface area contributed by atoms with Gasteiger partial charge in [0, 0.05) is 19.6 Å². The second-order valence-electron chi connectivity index (χ2n) is 2.98. The van der Waals surface area contributed by atoms with Crippen LogP contribution in [0, 0.1) is 0 Å². The Hall–Kier alpha value is -0.870. The number of nitrogens with zero attached hydrogens (tertiary/aromatic N) is 1. The molecule has 2 N–H and O–H groups in total. The molecule has 0 bridgehead atoms. The molecule has 1 atom stereocenters. The van der Waals surface area contributed by atoms with Crippen LogP contribution >= 0.6 is 11.3 Å². The maximum Gasteiger partial charge on any atom is 0.263 e. The molecule has 1 amide bonds. The summed E-state index contributed by atoms with van der Waals surface area (Å²) in [4.78, 5) is 14.1. The van der Waals surface area contributed by atoms with Crippen molar-refractivity contribution < 1.29 is 4.79 Å². The summed E-state index contributed by atoms with van der Waals surface area (Å²) in [5, 5.41) is 1.90. The number of amides is 1. The van der Waals surface area contributed by atoms with E-state index in [0.29, 0.717) is 6.54 Å². The Balaban J connectivity index is 2.68. The second-order valence-corrected chi connectivity index (χ2v) is 3.93. The van der Waals surface area contributed by atoms with Crippen LogP contribution in [0.4, 0.5) is 0 Å². The molecule has 1 heterocycles. The standard InChI is InChI=1S/C9H14N2OS/c1-7(6-10)11(2)9(12)8-4-3-5-13-8/h3-5,7H,6,10H2,1-2H3. The van der Waals surface area contributed by atoms with E-state index in [9.17, 15) is 4.79 Å². The Morgan fingerprint density at radius 3 is 2.92 bits per heavy atom. The first-order valence-corrected chi connectivity index (χ1v) is 5.05. The van der Waals surface area contributed by atoms with Gasteiger partial charge in [0.05, 0.1) is 4.88 Å². The lowest BCUT2D eigenvalue weighted by atomic mass is 10.3. The maximum absolute atomic E-state index is 11.7. The first-order valence-electron chi connectivity index (χ1n) is 4.17. The number of carbonyl (C=O) groups is 1. The van der Waals surface area contributed by atoms with E-state index in [1.165, 1.54) is 11.3 Å². The third-order valence-electron chi connectivity index (χ3n) is 2.05. The molecule has 0 aliphatic heterocycles. The first kappa shape index (κ1) is 10.2. The molecule has 0 radical (unpaired) electrons. The molecule has 0 aromatic carbocycles. The Bertz CT molecular complexity index is 271. The monoisotopic (exact) mass is 198 g/mol. The van der Waals surface area contributed by atoms with Crippen molar-refractivity contribution in [2.45, 2.75) is 13.0 Å². The lowest BCUT2D eigenvalue weighted by Gasteiger charge is -2.22. The van der Waals surface area contributed by atoms with Crippen molar-refractivity contribution in [3.05, 3.63) is 22.4 Å². The fraction of sp³-hybridized carbons (Fsp3) is 0.444. The van der Waals surface area contributed by atoms with E-state index >= 15 is 0 Å². The highest BCUT2D eigenvalue weighted by Crippen LogP contribution is 2.12. The van der Waals surface area contributed by atoms with Crippen molar-refractivity contribution >= 4 is 17.2 Å². The highest BCUT2D eigenvalue weighted by molar-refractivity contribution is 7.12. The maximum atomic E-state index is 11.7. The van der Waals surface area contributed by atoms with E-state index < -0.39 is 0 Å². The summed E-state index contributed by atoms with van der Waals surface area (Å²) in [6.07, 6.45) is 0. The number of nitrogens with two attached hydrogens (primary N) is 1. The molecule has 13 heavy (non-hydrogen) atoms. The predicted molar refractivity (Wildman–Crippen MR) is 54.9 cm³/mol. The van der Waals surface area contributed by atoms with Crippen LogP contribution in [-0.2, 0) is 0 Å². The van der Waals surface area contributed by atoms with Crippen molar-refractivity contribution in [1.29, 1.82) is 0 Å². The number of hydrogen-bond donors (Lipinski definition) is 1. The van der Waals surface area contributed by atoms with Gasteiger partial charge in [-0.15, -0.1) is 11.3 Å². The molecule has 0 aliphatic carbocycles. The molecule has 0 saturated heterocycles. The van der Waals surface area contributed by atoms with Crippen LogP contribution in [-0.4, -0.2) is 30.4 Å². The molecule has 0 spiro atoms. The molecule has 0 saturated carbocycles. The van der Waals surface area contributed by atoms with Gasteiger partial charge in [0.25, 0.3) is 5.91 Å². The van der Waals surface area contributed by atoms with Gasteiger partial charge in [-0.3, -0.25) is 4.79 Å². The quantitative estimate of drug-likeness (QED) is 0.792. The molecule has 1 unspecified atom stereocenters. The van der Waals surface area contributed by atoms with E-state index in [-0.39, 0.29) is 11.9 Å². The largest absolute Gasteiger partial charge is 0.337 e. The smallest absolute Gasteiger partial charge is 0.263 e. The van der Waals surface area contributed by atoms with Crippen LogP contribution in [0.3, 0.4) is 0 Å². The second kappa shape index (κ2) is 4.39. The van der Waals surface area contributed by atoms with Gasteiger partial charge >= 0.3 is 0 Å². The summed E-state index contributed by atoms with van der Waals surface area (Å²) in [7, 11) is 1.78. The SMILES string of the molecule is CC(CN)N(C)C(=O)c1cccs1. The number of carbonyl (C=O) groups excluding carboxylic acids is 1. The molecule has 1 aromatic heterocycles. The Morgan fingerprint density at radius 2 is 2.46 bits per heavy atom. The highest BCUT2D eigenvalue weighted by atomic mass is 32.1. The van der Waals surface area contributed by atoms with Crippen LogP contribution in [0.2, 0.25) is 0 Å². The minimum Gasteiger partial charge on any atom is -0.337 e. The average molecular weight is 198 g/mol. The zero-order chi connectivity index (χ0) is 9.84. The summed E-state index contributed by atoms with van der Waals surface area (Å²) in [5.41, 5.74) is 5.47. The van der Waals surface area contributed by atoms with Crippen LogP contribution in [0.5, 0.6) is 0 Å². The van der Waals surface area contributed by atoms with E-state index in [0.717, 1.165) is 4.88 Å². The van der Waals surface area contributed by atoms with Crippen molar-refractivity contribution in [3.63, 3.8) is 0 Å². The van der Waals surface area contributed by atoms with E-state index in [1.54, 1.807) is 11.9 Å². The Kier molecular flexibility index (Phi) is 3.45. The van der Waals surface area contributed by atoms with Crippen LogP contribution in [0.15, 0.2) is 17.5 Å². The minimum atomic E-state index is 0.0490. The van der Waals surface area contributed by atoms with Gasteiger partial charge in [-0.2, -0.15) is 0 Å². The first-order chi connectivity index (χ1) is 6.16.